The molecular formula is C25H20N4O3S2. The van der Waals surface area contributed by atoms with E-state index in [9.17, 15) is 4.79 Å². The number of carbonyl (C=O) groups excluding carboxylic acids is 1. The number of nitrogens with zero attached hydrogens (tertiary/aromatic N) is 3. The van der Waals surface area contributed by atoms with Crippen LogP contribution in [0.5, 0.6) is 11.5 Å². The van der Waals surface area contributed by atoms with Gasteiger partial charge in [-0.3, -0.25) is 10.1 Å². The Hall–Kier alpha value is -3.87. The number of amides is 1. The van der Waals surface area contributed by atoms with E-state index < -0.39 is 0 Å². The molecule has 7 nitrogen and oxygen atoms in total. The van der Waals surface area contributed by atoms with Crippen molar-refractivity contribution in [3.05, 3.63) is 95.6 Å². The van der Waals surface area contributed by atoms with Gasteiger partial charge in [-0.15, -0.1) is 10.2 Å². The molecule has 1 aromatic heterocycles. The zero-order valence-corrected chi connectivity index (χ0v) is 19.6. The van der Waals surface area contributed by atoms with E-state index in [-0.39, 0.29) is 12.5 Å². The number of thioether (sulfide) groups is 1. The number of nitrogens with one attached hydrogen (secondary N) is 1. The van der Waals surface area contributed by atoms with Crippen LogP contribution >= 0.6 is 23.1 Å². The Labute approximate surface area is 205 Å². The molecule has 1 N–H and O–H groups in total. The van der Waals surface area contributed by atoms with Crippen LogP contribution in [0.25, 0.3) is 0 Å². The largest absolute Gasteiger partial charge is 0.489 e. The highest BCUT2D eigenvalue weighted by Crippen LogP contribution is 2.28. The first-order valence-corrected chi connectivity index (χ1v) is 12.1. The molecule has 0 saturated heterocycles. The molecule has 0 aliphatic heterocycles. The van der Waals surface area contributed by atoms with Crippen molar-refractivity contribution in [2.45, 2.75) is 16.7 Å². The zero-order valence-electron chi connectivity index (χ0n) is 18.0. The highest BCUT2D eigenvalue weighted by atomic mass is 32.2. The second kappa shape index (κ2) is 11.8. The Bertz CT molecular complexity index is 1250. The molecule has 1 amide bonds. The third-order valence-corrected chi connectivity index (χ3v) is 6.58. The van der Waals surface area contributed by atoms with Gasteiger partial charge in [0.15, 0.2) is 10.9 Å². The van der Waals surface area contributed by atoms with E-state index in [0.29, 0.717) is 28.8 Å². The maximum absolute atomic E-state index is 12.2. The van der Waals surface area contributed by atoms with E-state index in [1.807, 2.05) is 42.5 Å². The van der Waals surface area contributed by atoms with Gasteiger partial charge < -0.3 is 9.47 Å². The number of benzene rings is 3. The number of ether oxygens (including phenoxy) is 2. The van der Waals surface area contributed by atoms with Gasteiger partial charge in [-0.2, -0.15) is 5.26 Å². The third-order valence-electron chi connectivity index (χ3n) is 4.54. The average molecular weight is 489 g/mol. The van der Waals surface area contributed by atoms with Crippen molar-refractivity contribution < 1.29 is 14.3 Å². The van der Waals surface area contributed by atoms with Crippen molar-refractivity contribution in [3.8, 4) is 17.6 Å². The number of hydrogen-bond acceptors (Lipinski definition) is 8. The molecule has 0 aliphatic rings. The fraction of sp³-hybridized carbons (Fsp3) is 0.120. The van der Waals surface area contributed by atoms with Crippen LogP contribution in [0.15, 0.2) is 83.2 Å². The highest BCUT2D eigenvalue weighted by Gasteiger charge is 2.10. The summed E-state index contributed by atoms with van der Waals surface area (Å²) in [5.41, 5.74) is 2.80. The molecule has 0 radical (unpaired) electrons. The van der Waals surface area contributed by atoms with Crippen molar-refractivity contribution in [1.29, 1.82) is 5.26 Å². The Morgan fingerprint density at radius 1 is 0.912 bits per heavy atom. The van der Waals surface area contributed by atoms with Crippen molar-refractivity contribution >= 4 is 34.1 Å². The minimum atomic E-state index is -0.316. The Morgan fingerprint density at radius 3 is 2.32 bits per heavy atom. The topological polar surface area (TPSA) is 97.1 Å². The molecule has 0 spiro atoms. The van der Waals surface area contributed by atoms with E-state index >= 15 is 0 Å². The van der Waals surface area contributed by atoms with Crippen LogP contribution in [0.1, 0.15) is 16.7 Å². The summed E-state index contributed by atoms with van der Waals surface area (Å²) < 4.78 is 12.0. The number of rotatable bonds is 10. The minimum absolute atomic E-state index is 0.141. The fourth-order valence-electron chi connectivity index (χ4n) is 2.82. The van der Waals surface area contributed by atoms with Gasteiger partial charge in [0.25, 0.3) is 5.91 Å². The maximum atomic E-state index is 12.2. The van der Waals surface area contributed by atoms with Gasteiger partial charge in [-0.25, -0.2) is 0 Å². The first kappa shape index (κ1) is 23.3. The summed E-state index contributed by atoms with van der Waals surface area (Å²) in [5.74, 6) is 1.67. The number of aromatic nitrogens is 2. The lowest BCUT2D eigenvalue weighted by atomic mass is 10.2. The first-order chi connectivity index (χ1) is 16.7. The van der Waals surface area contributed by atoms with Crippen LogP contribution in [0.3, 0.4) is 0 Å². The van der Waals surface area contributed by atoms with Crippen molar-refractivity contribution in [2.75, 3.05) is 11.9 Å². The summed E-state index contributed by atoms with van der Waals surface area (Å²) in [6.07, 6.45) is 0. The van der Waals surface area contributed by atoms with Gasteiger partial charge in [0.05, 0.1) is 11.6 Å². The van der Waals surface area contributed by atoms with Crippen LogP contribution < -0.4 is 14.8 Å². The van der Waals surface area contributed by atoms with Gasteiger partial charge in [0.1, 0.15) is 18.1 Å². The molecule has 0 fully saturated rings. The van der Waals surface area contributed by atoms with Crippen molar-refractivity contribution in [1.82, 2.24) is 10.2 Å². The smallest absolute Gasteiger partial charge is 0.264 e. The summed E-state index contributed by atoms with van der Waals surface area (Å²) >= 11 is 2.82. The highest BCUT2D eigenvalue weighted by molar-refractivity contribution is 8.00. The second-order valence-electron chi connectivity index (χ2n) is 7.05. The van der Waals surface area contributed by atoms with Crippen LogP contribution in [-0.2, 0) is 17.2 Å². The summed E-state index contributed by atoms with van der Waals surface area (Å²) in [7, 11) is 0. The van der Waals surface area contributed by atoms with E-state index in [2.05, 4.69) is 21.6 Å². The van der Waals surface area contributed by atoms with E-state index in [1.165, 1.54) is 23.1 Å². The lowest BCUT2D eigenvalue weighted by molar-refractivity contribution is -0.118. The fourth-order valence-corrected chi connectivity index (χ4v) is 4.54. The quantitative estimate of drug-likeness (QED) is 0.239. The van der Waals surface area contributed by atoms with Gasteiger partial charge in [-0.1, -0.05) is 65.6 Å². The summed E-state index contributed by atoms with van der Waals surface area (Å²) in [5, 5.41) is 20.1. The molecule has 34 heavy (non-hydrogen) atoms. The molecule has 1 heterocycles. The maximum Gasteiger partial charge on any atom is 0.264 e. The van der Waals surface area contributed by atoms with Gasteiger partial charge in [-0.05, 0) is 47.5 Å². The molecular weight excluding hydrogens is 468 g/mol. The molecule has 4 rings (SSSR count). The van der Waals surface area contributed by atoms with Crippen LogP contribution in [0.2, 0.25) is 0 Å². The van der Waals surface area contributed by atoms with E-state index in [4.69, 9.17) is 14.7 Å². The predicted octanol–water partition coefficient (Wildman–Crippen LogP) is 5.30. The number of anilines is 1. The van der Waals surface area contributed by atoms with Gasteiger partial charge >= 0.3 is 0 Å². The van der Waals surface area contributed by atoms with Crippen molar-refractivity contribution in [3.63, 3.8) is 0 Å². The third kappa shape index (κ3) is 7.07. The Morgan fingerprint density at radius 2 is 1.62 bits per heavy atom. The zero-order chi connectivity index (χ0) is 23.6. The molecule has 0 bridgehead atoms. The lowest BCUT2D eigenvalue weighted by Crippen LogP contribution is -2.20. The number of hydrogen-bond donors (Lipinski definition) is 1. The normalized spacial score (nSPS) is 10.3. The van der Waals surface area contributed by atoms with Gasteiger partial charge in [0.2, 0.25) is 5.13 Å². The van der Waals surface area contributed by atoms with E-state index in [1.54, 1.807) is 36.4 Å². The summed E-state index contributed by atoms with van der Waals surface area (Å²) in [6, 6.07) is 26.5. The Balaban J connectivity index is 1.19. The monoisotopic (exact) mass is 488 g/mol. The van der Waals surface area contributed by atoms with E-state index in [0.717, 1.165) is 21.2 Å². The SMILES string of the molecule is N#Cc1ccc(CSc2nnc(NC(=O)COc3ccc(OCc4ccccc4)cc3)s2)cc1. The van der Waals surface area contributed by atoms with Crippen LogP contribution in [-0.4, -0.2) is 22.7 Å². The lowest BCUT2D eigenvalue weighted by Gasteiger charge is -2.08. The molecule has 170 valence electrons. The van der Waals surface area contributed by atoms with Crippen molar-refractivity contribution in [2.24, 2.45) is 0 Å². The van der Waals surface area contributed by atoms with Crippen LogP contribution in [0.4, 0.5) is 5.13 Å². The Kier molecular flexibility index (Phi) is 8.11. The molecule has 0 atom stereocenters. The average Bonchev–Trinajstić information content (AvgIpc) is 3.33. The summed E-state index contributed by atoms with van der Waals surface area (Å²) in [4.78, 5) is 12.2. The second-order valence-corrected chi connectivity index (χ2v) is 9.25. The standard InChI is InChI=1S/C25H20N4O3S2/c26-14-18-6-8-20(9-7-18)17-33-25-29-28-24(34-25)27-23(30)16-32-22-12-10-21(11-13-22)31-15-19-4-2-1-3-5-19/h1-13H,15-17H2,(H,27,28,30). The molecule has 0 unspecified atom stereocenters. The number of carbonyl (C=O) groups is 1. The molecule has 0 saturated carbocycles. The van der Waals surface area contributed by atoms with Crippen LogP contribution in [0, 0.1) is 11.3 Å². The minimum Gasteiger partial charge on any atom is -0.489 e. The van der Waals surface area contributed by atoms with Gasteiger partial charge in [0, 0.05) is 5.75 Å². The predicted molar refractivity (Wildman–Crippen MR) is 132 cm³/mol. The molecule has 0 aliphatic carbocycles. The molecule has 9 heteroatoms. The number of nitriles is 1. The first-order valence-electron chi connectivity index (χ1n) is 10.3. The molecule has 4 aromatic rings. The molecule has 3 aromatic carbocycles. The summed E-state index contributed by atoms with van der Waals surface area (Å²) in [6.45, 7) is 0.344.